The van der Waals surface area contributed by atoms with Crippen LogP contribution in [-0.2, 0) is 0 Å². The average Bonchev–Trinajstić information content (AvgIpc) is 2.42. The largest absolute Gasteiger partial charge is 0.207 e. The summed E-state index contributed by atoms with van der Waals surface area (Å²) in [7, 11) is 0. The van der Waals surface area contributed by atoms with Crippen LogP contribution in [0.4, 0.5) is 8.78 Å². The standard InChI is InChI=1S/C16H15BrF2/c1-10-8-13(15(19)9-14(10)18)16(17)11(2)12-6-4-3-5-7-12/h3-9,11,16H,1-2H3. The van der Waals surface area contributed by atoms with Crippen molar-refractivity contribution < 1.29 is 8.78 Å². The Bertz CT molecular complexity index is 566. The van der Waals surface area contributed by atoms with Crippen LogP contribution >= 0.6 is 15.9 Å². The molecule has 2 unspecified atom stereocenters. The molecule has 0 fully saturated rings. The highest BCUT2D eigenvalue weighted by Crippen LogP contribution is 2.39. The van der Waals surface area contributed by atoms with Gasteiger partial charge in [-0.3, -0.25) is 0 Å². The normalized spacial score (nSPS) is 14.2. The van der Waals surface area contributed by atoms with Crippen LogP contribution in [0.1, 0.15) is 34.4 Å². The molecule has 0 aliphatic rings. The van der Waals surface area contributed by atoms with Gasteiger partial charge >= 0.3 is 0 Å². The molecule has 0 bridgehead atoms. The Morgan fingerprint density at radius 2 is 1.63 bits per heavy atom. The molecule has 0 N–H and O–H groups in total. The Kier molecular flexibility index (Phi) is 4.35. The second-order valence-corrected chi connectivity index (χ2v) is 5.71. The van der Waals surface area contributed by atoms with Gasteiger partial charge in [-0.15, -0.1) is 0 Å². The molecular weight excluding hydrogens is 310 g/mol. The molecule has 2 rings (SSSR count). The zero-order chi connectivity index (χ0) is 14.0. The predicted molar refractivity (Wildman–Crippen MR) is 77.6 cm³/mol. The van der Waals surface area contributed by atoms with Crippen LogP contribution in [0.3, 0.4) is 0 Å². The quantitative estimate of drug-likeness (QED) is 0.653. The minimum absolute atomic E-state index is 0.0977. The zero-order valence-corrected chi connectivity index (χ0v) is 12.4. The van der Waals surface area contributed by atoms with Crippen molar-refractivity contribution in [2.75, 3.05) is 0 Å². The summed E-state index contributed by atoms with van der Waals surface area (Å²) in [6.07, 6.45) is 0. The number of rotatable bonds is 3. The van der Waals surface area contributed by atoms with Crippen LogP contribution in [0.25, 0.3) is 0 Å². The Morgan fingerprint density at radius 3 is 2.26 bits per heavy atom. The molecule has 0 saturated heterocycles. The second-order valence-electron chi connectivity index (χ2n) is 4.72. The molecule has 0 aliphatic heterocycles. The molecule has 0 nitrogen and oxygen atoms in total. The van der Waals surface area contributed by atoms with Gasteiger partial charge in [0.05, 0.1) is 0 Å². The Morgan fingerprint density at radius 1 is 1.00 bits per heavy atom. The van der Waals surface area contributed by atoms with Crippen LogP contribution in [0, 0.1) is 18.6 Å². The van der Waals surface area contributed by atoms with E-state index < -0.39 is 11.6 Å². The van der Waals surface area contributed by atoms with Gasteiger partial charge < -0.3 is 0 Å². The number of aryl methyl sites for hydroxylation is 1. The lowest BCUT2D eigenvalue weighted by Gasteiger charge is -2.20. The molecule has 100 valence electrons. The lowest BCUT2D eigenvalue weighted by molar-refractivity contribution is 0.560. The first kappa shape index (κ1) is 14.2. The molecule has 2 atom stereocenters. The smallest absolute Gasteiger partial charge is 0.130 e. The molecule has 0 radical (unpaired) electrons. The first-order valence-corrected chi connectivity index (χ1v) is 7.07. The number of halogens is 3. The molecular formula is C16H15BrF2. The molecule has 0 saturated carbocycles. The summed E-state index contributed by atoms with van der Waals surface area (Å²) in [4.78, 5) is -0.186. The minimum Gasteiger partial charge on any atom is -0.207 e. The maximum absolute atomic E-state index is 13.9. The van der Waals surface area contributed by atoms with Crippen molar-refractivity contribution in [3.8, 4) is 0 Å². The maximum atomic E-state index is 13.9. The van der Waals surface area contributed by atoms with Crippen molar-refractivity contribution in [2.24, 2.45) is 0 Å². The number of benzene rings is 2. The molecule has 0 amide bonds. The van der Waals surface area contributed by atoms with E-state index in [2.05, 4.69) is 15.9 Å². The molecule has 2 aromatic carbocycles. The predicted octanol–water partition coefficient (Wildman–Crippen LogP) is 5.51. The van der Waals surface area contributed by atoms with E-state index >= 15 is 0 Å². The van der Waals surface area contributed by atoms with Gasteiger partial charge in [-0.1, -0.05) is 53.2 Å². The van der Waals surface area contributed by atoms with Gasteiger partial charge in [0.15, 0.2) is 0 Å². The topological polar surface area (TPSA) is 0 Å². The van der Waals surface area contributed by atoms with Gasteiger partial charge in [-0.05, 0) is 30.0 Å². The Labute approximate surface area is 120 Å². The molecule has 3 heteroatoms. The second kappa shape index (κ2) is 5.83. The maximum Gasteiger partial charge on any atom is 0.130 e. The van der Waals surface area contributed by atoms with Gasteiger partial charge in [0, 0.05) is 16.5 Å². The third kappa shape index (κ3) is 3.03. The third-order valence-electron chi connectivity index (χ3n) is 3.34. The van der Waals surface area contributed by atoms with Gasteiger partial charge in [0.25, 0.3) is 0 Å². The minimum atomic E-state index is -0.507. The lowest BCUT2D eigenvalue weighted by Crippen LogP contribution is -2.05. The average molecular weight is 325 g/mol. The van der Waals surface area contributed by atoms with Crippen LogP contribution in [0.2, 0.25) is 0 Å². The van der Waals surface area contributed by atoms with E-state index in [0.717, 1.165) is 11.6 Å². The van der Waals surface area contributed by atoms with Crippen LogP contribution < -0.4 is 0 Å². The van der Waals surface area contributed by atoms with Crippen molar-refractivity contribution >= 4 is 15.9 Å². The number of alkyl halides is 1. The van der Waals surface area contributed by atoms with E-state index in [1.54, 1.807) is 13.0 Å². The summed E-state index contributed by atoms with van der Waals surface area (Å²) < 4.78 is 27.2. The molecule has 0 aromatic heterocycles. The van der Waals surface area contributed by atoms with E-state index in [1.165, 1.54) is 0 Å². The van der Waals surface area contributed by atoms with Crippen molar-refractivity contribution in [3.05, 3.63) is 70.8 Å². The summed E-state index contributed by atoms with van der Waals surface area (Å²) in [6, 6.07) is 12.4. The molecule has 0 heterocycles. The monoisotopic (exact) mass is 324 g/mol. The van der Waals surface area contributed by atoms with Gasteiger partial charge in [0.1, 0.15) is 11.6 Å². The summed E-state index contributed by atoms with van der Waals surface area (Å²) in [6.45, 7) is 3.66. The van der Waals surface area contributed by atoms with Gasteiger partial charge in [-0.2, -0.15) is 0 Å². The highest BCUT2D eigenvalue weighted by atomic mass is 79.9. The Hall–Kier alpha value is -1.22. The van der Waals surface area contributed by atoms with Crippen molar-refractivity contribution in [1.29, 1.82) is 0 Å². The van der Waals surface area contributed by atoms with Crippen LogP contribution in [0.5, 0.6) is 0 Å². The van der Waals surface area contributed by atoms with E-state index in [-0.39, 0.29) is 10.7 Å². The zero-order valence-electron chi connectivity index (χ0n) is 10.8. The van der Waals surface area contributed by atoms with Crippen molar-refractivity contribution in [3.63, 3.8) is 0 Å². The van der Waals surface area contributed by atoms with E-state index in [0.29, 0.717) is 11.1 Å². The fraction of sp³-hybridized carbons (Fsp3) is 0.250. The third-order valence-corrected chi connectivity index (χ3v) is 4.63. The molecule has 0 aliphatic carbocycles. The number of hydrogen-bond donors (Lipinski definition) is 0. The van der Waals surface area contributed by atoms with Crippen molar-refractivity contribution in [2.45, 2.75) is 24.6 Å². The van der Waals surface area contributed by atoms with Gasteiger partial charge in [-0.25, -0.2) is 8.78 Å². The highest BCUT2D eigenvalue weighted by molar-refractivity contribution is 9.09. The fourth-order valence-corrected chi connectivity index (χ4v) is 2.74. The first-order chi connectivity index (χ1) is 9.00. The molecule has 19 heavy (non-hydrogen) atoms. The molecule has 2 aromatic rings. The molecule has 0 spiro atoms. The van der Waals surface area contributed by atoms with Crippen molar-refractivity contribution in [1.82, 2.24) is 0 Å². The van der Waals surface area contributed by atoms with E-state index in [1.807, 2.05) is 37.3 Å². The first-order valence-electron chi connectivity index (χ1n) is 6.15. The summed E-state index contributed by atoms with van der Waals surface area (Å²) in [5.74, 6) is -0.915. The van der Waals surface area contributed by atoms with E-state index in [4.69, 9.17) is 0 Å². The van der Waals surface area contributed by atoms with E-state index in [9.17, 15) is 8.78 Å². The van der Waals surface area contributed by atoms with Crippen LogP contribution in [-0.4, -0.2) is 0 Å². The highest BCUT2D eigenvalue weighted by Gasteiger charge is 2.22. The summed E-state index contributed by atoms with van der Waals surface area (Å²) in [5, 5.41) is 0. The SMILES string of the molecule is Cc1cc(C(Br)C(C)c2ccccc2)c(F)cc1F. The van der Waals surface area contributed by atoms with Gasteiger partial charge in [0.2, 0.25) is 0 Å². The lowest BCUT2D eigenvalue weighted by atomic mass is 9.92. The Balaban J connectivity index is 2.34. The van der Waals surface area contributed by atoms with Crippen LogP contribution in [0.15, 0.2) is 42.5 Å². The fourth-order valence-electron chi connectivity index (χ4n) is 2.09. The summed E-state index contributed by atoms with van der Waals surface area (Å²) in [5.41, 5.74) is 2.07. The summed E-state index contributed by atoms with van der Waals surface area (Å²) >= 11 is 3.54. The number of hydrogen-bond acceptors (Lipinski definition) is 0.